The highest BCUT2D eigenvalue weighted by Crippen LogP contribution is 2.14. The summed E-state index contributed by atoms with van der Waals surface area (Å²) in [4.78, 5) is 35.4. The van der Waals surface area contributed by atoms with Gasteiger partial charge >= 0.3 is 5.97 Å². The van der Waals surface area contributed by atoms with Gasteiger partial charge in [-0.3, -0.25) is 14.4 Å². The van der Waals surface area contributed by atoms with E-state index in [1.54, 1.807) is 24.3 Å². The molecule has 0 saturated carbocycles. The number of thioether (sulfide) groups is 1. The van der Waals surface area contributed by atoms with Gasteiger partial charge in [0.25, 0.3) is 5.91 Å². The fourth-order valence-electron chi connectivity index (χ4n) is 1.71. The summed E-state index contributed by atoms with van der Waals surface area (Å²) in [7, 11) is 0. The Morgan fingerprint density at radius 1 is 1.16 bits per heavy atom. The summed E-state index contributed by atoms with van der Waals surface area (Å²) in [6, 6.07) is 6.72. The molecule has 8 heteroatoms. The highest BCUT2D eigenvalue weighted by atomic mass is 35.5. The summed E-state index contributed by atoms with van der Waals surface area (Å²) in [6.07, 6.45) is -0.879. The average Bonchev–Trinajstić information content (AvgIpc) is 2.47. The van der Waals surface area contributed by atoms with Crippen LogP contribution in [-0.2, 0) is 19.1 Å². The summed E-state index contributed by atoms with van der Waals surface area (Å²) in [5, 5.41) is 6.01. The molecule has 0 aliphatic heterocycles. The third kappa shape index (κ3) is 9.36. The van der Waals surface area contributed by atoms with Gasteiger partial charge in [-0.05, 0) is 52.0 Å². The standard InChI is InChI=1S/C17H23ClN2O4S/c1-11(16(23)20-17(2,3)4)24-15(22)10-25-9-14(21)19-13-7-5-12(18)6-8-13/h5-8,11H,9-10H2,1-4H3,(H,19,21)(H,20,23)/t11-/m1/s1. The van der Waals surface area contributed by atoms with Crippen molar-refractivity contribution in [3.8, 4) is 0 Å². The van der Waals surface area contributed by atoms with Crippen LogP contribution in [0.1, 0.15) is 27.7 Å². The number of carbonyl (C=O) groups excluding carboxylic acids is 3. The molecule has 2 N–H and O–H groups in total. The van der Waals surface area contributed by atoms with Crippen LogP contribution in [0.5, 0.6) is 0 Å². The molecule has 0 fully saturated rings. The molecule has 138 valence electrons. The Morgan fingerprint density at radius 2 is 1.76 bits per heavy atom. The van der Waals surface area contributed by atoms with Crippen molar-refractivity contribution in [2.75, 3.05) is 16.8 Å². The van der Waals surface area contributed by atoms with E-state index in [0.717, 1.165) is 11.8 Å². The SMILES string of the molecule is C[C@@H](OC(=O)CSCC(=O)Nc1ccc(Cl)cc1)C(=O)NC(C)(C)C. The molecule has 0 radical (unpaired) electrons. The van der Waals surface area contributed by atoms with Crippen molar-refractivity contribution < 1.29 is 19.1 Å². The van der Waals surface area contributed by atoms with E-state index >= 15 is 0 Å². The van der Waals surface area contributed by atoms with Gasteiger partial charge in [0.05, 0.1) is 11.5 Å². The van der Waals surface area contributed by atoms with E-state index in [1.165, 1.54) is 6.92 Å². The second-order valence-corrected chi connectivity index (χ2v) is 7.84. The second-order valence-electron chi connectivity index (χ2n) is 6.42. The molecule has 0 aliphatic carbocycles. The lowest BCUT2D eigenvalue weighted by Crippen LogP contribution is -2.46. The Bertz CT molecular complexity index is 614. The second kappa shape index (κ2) is 9.68. The van der Waals surface area contributed by atoms with Crippen molar-refractivity contribution in [2.45, 2.75) is 39.3 Å². The number of anilines is 1. The van der Waals surface area contributed by atoms with Crippen LogP contribution < -0.4 is 10.6 Å². The van der Waals surface area contributed by atoms with E-state index in [2.05, 4.69) is 10.6 Å². The summed E-state index contributed by atoms with van der Waals surface area (Å²) >= 11 is 6.88. The molecule has 0 bridgehead atoms. The van der Waals surface area contributed by atoms with Crippen LogP contribution in [0.4, 0.5) is 5.69 Å². The number of halogens is 1. The maximum Gasteiger partial charge on any atom is 0.316 e. The zero-order valence-electron chi connectivity index (χ0n) is 14.7. The molecule has 1 atom stereocenters. The number of carbonyl (C=O) groups is 3. The minimum Gasteiger partial charge on any atom is -0.452 e. The minimum absolute atomic E-state index is 0.0127. The normalized spacial score (nSPS) is 12.2. The lowest BCUT2D eigenvalue weighted by Gasteiger charge is -2.23. The van der Waals surface area contributed by atoms with Crippen LogP contribution in [0.25, 0.3) is 0 Å². The molecule has 25 heavy (non-hydrogen) atoms. The maximum atomic E-state index is 11.8. The van der Waals surface area contributed by atoms with Gasteiger partial charge in [0.2, 0.25) is 5.91 Å². The van der Waals surface area contributed by atoms with Crippen molar-refractivity contribution in [2.24, 2.45) is 0 Å². The Balaban J connectivity index is 2.28. The Hall–Kier alpha value is -1.73. The number of esters is 1. The molecule has 0 aliphatic rings. The third-order valence-corrected chi connectivity index (χ3v) is 3.91. The molecule has 0 heterocycles. The van der Waals surface area contributed by atoms with Crippen LogP contribution in [-0.4, -0.2) is 40.9 Å². The Kier molecular flexibility index (Phi) is 8.25. The van der Waals surface area contributed by atoms with E-state index in [9.17, 15) is 14.4 Å². The lowest BCUT2D eigenvalue weighted by molar-refractivity contribution is -0.152. The molecule has 1 rings (SSSR count). The van der Waals surface area contributed by atoms with Gasteiger partial charge in [0.15, 0.2) is 6.10 Å². The molecule has 0 spiro atoms. The topological polar surface area (TPSA) is 84.5 Å². The Morgan fingerprint density at radius 3 is 2.32 bits per heavy atom. The van der Waals surface area contributed by atoms with Gasteiger partial charge in [0.1, 0.15) is 0 Å². The predicted molar refractivity (Wildman–Crippen MR) is 101 cm³/mol. The zero-order chi connectivity index (χ0) is 19.0. The van der Waals surface area contributed by atoms with Crippen LogP contribution >= 0.6 is 23.4 Å². The fourth-order valence-corrected chi connectivity index (χ4v) is 2.43. The van der Waals surface area contributed by atoms with Crippen molar-refractivity contribution >= 4 is 46.8 Å². The van der Waals surface area contributed by atoms with Gasteiger partial charge in [-0.15, -0.1) is 11.8 Å². The number of hydrogen-bond acceptors (Lipinski definition) is 5. The average molecular weight is 387 g/mol. The quantitative estimate of drug-likeness (QED) is 0.704. The number of benzene rings is 1. The molecule has 1 aromatic carbocycles. The lowest BCUT2D eigenvalue weighted by atomic mass is 10.1. The molecular formula is C17H23ClN2O4S. The van der Waals surface area contributed by atoms with E-state index < -0.39 is 17.6 Å². The van der Waals surface area contributed by atoms with Gasteiger partial charge in [0, 0.05) is 16.2 Å². The largest absolute Gasteiger partial charge is 0.452 e. The first kappa shape index (κ1) is 21.3. The number of hydrogen-bond donors (Lipinski definition) is 2. The molecular weight excluding hydrogens is 364 g/mol. The Labute approximate surface area is 157 Å². The minimum atomic E-state index is -0.879. The molecule has 6 nitrogen and oxygen atoms in total. The highest BCUT2D eigenvalue weighted by Gasteiger charge is 2.22. The van der Waals surface area contributed by atoms with Gasteiger partial charge in [-0.25, -0.2) is 0 Å². The number of rotatable bonds is 7. The summed E-state index contributed by atoms with van der Waals surface area (Å²) < 4.78 is 5.05. The molecule has 2 amide bonds. The van der Waals surface area contributed by atoms with Crippen LogP contribution in [0, 0.1) is 0 Å². The van der Waals surface area contributed by atoms with Crippen molar-refractivity contribution in [1.82, 2.24) is 5.32 Å². The van der Waals surface area contributed by atoms with Gasteiger partial charge in [-0.2, -0.15) is 0 Å². The van der Waals surface area contributed by atoms with Crippen molar-refractivity contribution in [3.63, 3.8) is 0 Å². The monoisotopic (exact) mass is 386 g/mol. The number of ether oxygens (including phenoxy) is 1. The van der Waals surface area contributed by atoms with Gasteiger partial charge < -0.3 is 15.4 Å². The van der Waals surface area contributed by atoms with Crippen molar-refractivity contribution in [1.29, 1.82) is 0 Å². The van der Waals surface area contributed by atoms with E-state index in [4.69, 9.17) is 16.3 Å². The summed E-state index contributed by atoms with van der Waals surface area (Å²) in [6.45, 7) is 7.04. The number of nitrogens with one attached hydrogen (secondary N) is 2. The first-order valence-corrected chi connectivity index (χ1v) is 9.25. The van der Waals surface area contributed by atoms with E-state index in [1.807, 2.05) is 20.8 Å². The fraction of sp³-hybridized carbons (Fsp3) is 0.471. The first-order valence-electron chi connectivity index (χ1n) is 7.71. The predicted octanol–water partition coefficient (Wildman–Crippen LogP) is 2.86. The van der Waals surface area contributed by atoms with E-state index in [0.29, 0.717) is 10.7 Å². The smallest absolute Gasteiger partial charge is 0.316 e. The molecule has 1 aromatic rings. The van der Waals surface area contributed by atoms with Crippen LogP contribution in [0.2, 0.25) is 5.02 Å². The van der Waals surface area contributed by atoms with Crippen LogP contribution in [0.3, 0.4) is 0 Å². The molecule has 0 unspecified atom stereocenters. The first-order chi connectivity index (χ1) is 11.6. The maximum absolute atomic E-state index is 11.8. The number of amides is 2. The molecule has 0 saturated heterocycles. The third-order valence-electron chi connectivity index (χ3n) is 2.76. The van der Waals surface area contributed by atoms with Crippen LogP contribution in [0.15, 0.2) is 24.3 Å². The van der Waals surface area contributed by atoms with Gasteiger partial charge in [-0.1, -0.05) is 11.6 Å². The van der Waals surface area contributed by atoms with Crippen molar-refractivity contribution in [3.05, 3.63) is 29.3 Å². The highest BCUT2D eigenvalue weighted by molar-refractivity contribution is 8.00. The zero-order valence-corrected chi connectivity index (χ0v) is 16.3. The van der Waals surface area contributed by atoms with E-state index in [-0.39, 0.29) is 23.3 Å². The summed E-state index contributed by atoms with van der Waals surface area (Å²) in [5.74, 6) is -1.05. The molecule has 0 aromatic heterocycles. The summed E-state index contributed by atoms with van der Waals surface area (Å²) in [5.41, 5.74) is 0.233.